The highest BCUT2D eigenvalue weighted by molar-refractivity contribution is 5.94. The van der Waals surface area contributed by atoms with Crippen molar-refractivity contribution >= 4 is 29.7 Å². The third-order valence-corrected chi connectivity index (χ3v) is 5.12. The monoisotopic (exact) mass is 460 g/mol. The molecule has 0 spiro atoms. The average molecular weight is 461 g/mol. The number of nitrogens with one attached hydrogen (secondary N) is 3. The predicted octanol–water partition coefficient (Wildman–Crippen LogP) is -1.20. The molecule has 0 heterocycles. The van der Waals surface area contributed by atoms with Crippen LogP contribution in [0.1, 0.15) is 53.9 Å². The number of nitrogens with two attached hydrogens (primary N) is 1. The Morgan fingerprint density at radius 1 is 0.844 bits per heavy atom. The maximum absolute atomic E-state index is 12.9. The molecule has 0 aromatic carbocycles. The Morgan fingerprint density at radius 3 is 1.75 bits per heavy atom. The van der Waals surface area contributed by atoms with Crippen molar-refractivity contribution in [3.05, 3.63) is 0 Å². The third kappa shape index (κ3) is 9.60. The Morgan fingerprint density at radius 2 is 1.34 bits per heavy atom. The fourth-order valence-electron chi connectivity index (χ4n) is 2.74. The van der Waals surface area contributed by atoms with E-state index in [-0.39, 0.29) is 12.3 Å². The van der Waals surface area contributed by atoms with Crippen molar-refractivity contribution in [2.75, 3.05) is 0 Å². The van der Waals surface area contributed by atoms with Gasteiger partial charge >= 0.3 is 11.9 Å². The number of amides is 3. The summed E-state index contributed by atoms with van der Waals surface area (Å²) in [5, 5.41) is 34.8. The van der Waals surface area contributed by atoms with Gasteiger partial charge in [-0.3, -0.25) is 19.2 Å². The molecule has 0 saturated carbocycles. The van der Waals surface area contributed by atoms with Gasteiger partial charge in [0.15, 0.2) is 0 Å². The van der Waals surface area contributed by atoms with Gasteiger partial charge < -0.3 is 37.0 Å². The summed E-state index contributed by atoms with van der Waals surface area (Å²) in [7, 11) is 0. The van der Waals surface area contributed by atoms with E-state index in [2.05, 4.69) is 16.0 Å². The molecule has 0 radical (unpaired) electrons. The average Bonchev–Trinajstić information content (AvgIpc) is 2.70. The minimum absolute atomic E-state index is 0.321. The van der Waals surface area contributed by atoms with Crippen molar-refractivity contribution in [3.8, 4) is 0 Å². The summed E-state index contributed by atoms with van der Waals surface area (Å²) in [6.07, 6.45) is -1.40. The van der Waals surface area contributed by atoms with Crippen LogP contribution in [-0.4, -0.2) is 75.3 Å². The maximum Gasteiger partial charge on any atom is 0.326 e. The predicted molar refractivity (Wildman–Crippen MR) is 114 cm³/mol. The molecule has 0 fully saturated rings. The number of hydrogen-bond donors (Lipinski definition) is 7. The summed E-state index contributed by atoms with van der Waals surface area (Å²) in [6.45, 7) is 8.13. The lowest BCUT2D eigenvalue weighted by atomic mass is 9.96. The first kappa shape index (κ1) is 29.3. The second-order valence-corrected chi connectivity index (χ2v) is 8.20. The van der Waals surface area contributed by atoms with Crippen LogP contribution in [0.2, 0.25) is 0 Å². The first-order chi connectivity index (χ1) is 14.7. The summed E-state index contributed by atoms with van der Waals surface area (Å²) in [5.74, 6) is -5.57. The first-order valence-corrected chi connectivity index (χ1v) is 10.5. The lowest BCUT2D eigenvalue weighted by Gasteiger charge is -2.29. The fourth-order valence-corrected chi connectivity index (χ4v) is 2.74. The number of rotatable bonds is 14. The van der Waals surface area contributed by atoms with Crippen LogP contribution in [0.4, 0.5) is 0 Å². The van der Waals surface area contributed by atoms with Crippen LogP contribution in [-0.2, 0) is 24.0 Å². The van der Waals surface area contributed by atoms with E-state index in [0.717, 1.165) is 0 Å². The molecule has 0 bridgehead atoms. The van der Waals surface area contributed by atoms with Gasteiger partial charge in [0.1, 0.15) is 24.2 Å². The Labute approximate surface area is 187 Å². The van der Waals surface area contributed by atoms with Gasteiger partial charge in [-0.2, -0.15) is 0 Å². The van der Waals surface area contributed by atoms with Gasteiger partial charge in [0.25, 0.3) is 0 Å². The minimum atomic E-state index is -1.44. The van der Waals surface area contributed by atoms with Crippen LogP contribution in [0.3, 0.4) is 0 Å². The van der Waals surface area contributed by atoms with Crippen molar-refractivity contribution in [1.29, 1.82) is 0 Å². The van der Waals surface area contributed by atoms with Gasteiger partial charge in [0.05, 0.1) is 6.10 Å². The largest absolute Gasteiger partial charge is 0.481 e. The first-order valence-electron chi connectivity index (χ1n) is 10.5. The molecule has 12 nitrogen and oxygen atoms in total. The molecular formula is C20H36N4O8. The topological polar surface area (TPSA) is 208 Å². The fraction of sp³-hybridized carbons (Fsp3) is 0.750. The molecule has 8 N–H and O–H groups in total. The van der Waals surface area contributed by atoms with Crippen molar-refractivity contribution < 1.29 is 39.3 Å². The van der Waals surface area contributed by atoms with E-state index in [9.17, 15) is 34.2 Å². The van der Waals surface area contributed by atoms with Crippen molar-refractivity contribution in [2.45, 2.75) is 84.2 Å². The van der Waals surface area contributed by atoms with Crippen LogP contribution in [0, 0.1) is 11.8 Å². The van der Waals surface area contributed by atoms with Gasteiger partial charge in [-0.15, -0.1) is 0 Å². The number of carbonyl (C=O) groups is 5. The van der Waals surface area contributed by atoms with E-state index in [4.69, 9.17) is 10.8 Å². The zero-order chi connectivity index (χ0) is 25.2. The number of carbonyl (C=O) groups excluding carboxylic acids is 3. The quantitative estimate of drug-likeness (QED) is 0.166. The summed E-state index contributed by atoms with van der Waals surface area (Å²) >= 11 is 0. The molecule has 12 heteroatoms. The highest BCUT2D eigenvalue weighted by Gasteiger charge is 2.34. The zero-order valence-electron chi connectivity index (χ0n) is 19.1. The smallest absolute Gasteiger partial charge is 0.326 e. The molecule has 0 saturated heterocycles. The van der Waals surface area contributed by atoms with Crippen LogP contribution < -0.4 is 21.7 Å². The summed E-state index contributed by atoms with van der Waals surface area (Å²) < 4.78 is 0. The lowest BCUT2D eigenvalue weighted by Crippen LogP contribution is -2.60. The zero-order valence-corrected chi connectivity index (χ0v) is 19.1. The van der Waals surface area contributed by atoms with Gasteiger partial charge in [-0.25, -0.2) is 4.79 Å². The molecule has 0 aromatic heterocycles. The standard InChI is InChI=1S/C20H36N4O8/c1-6-10(4)16(24-17(28)14(21)11(5)25)19(30)23-15(9(2)3)18(29)22-12(20(31)32)7-8-13(26)27/h9-12,14-16,25H,6-8,21H2,1-5H3,(H,22,29)(H,23,30)(H,24,28)(H,26,27)(H,31,32). The number of carboxylic acid groups (broad SMARTS) is 2. The van der Waals surface area contributed by atoms with Crippen LogP contribution >= 0.6 is 0 Å². The van der Waals surface area contributed by atoms with Crippen molar-refractivity contribution in [3.63, 3.8) is 0 Å². The molecule has 6 unspecified atom stereocenters. The van der Waals surface area contributed by atoms with Gasteiger partial charge in [-0.1, -0.05) is 34.1 Å². The number of carboxylic acids is 2. The second kappa shape index (κ2) is 13.6. The highest BCUT2D eigenvalue weighted by atomic mass is 16.4. The Kier molecular flexibility index (Phi) is 12.5. The number of aliphatic hydroxyl groups excluding tert-OH is 1. The molecule has 0 rings (SSSR count). The molecule has 32 heavy (non-hydrogen) atoms. The maximum atomic E-state index is 12.9. The summed E-state index contributed by atoms with van der Waals surface area (Å²) in [6, 6.07) is -4.87. The molecule has 0 aliphatic rings. The van der Waals surface area contributed by atoms with Crippen LogP contribution in [0.15, 0.2) is 0 Å². The van der Waals surface area contributed by atoms with Crippen LogP contribution in [0.25, 0.3) is 0 Å². The van der Waals surface area contributed by atoms with Crippen LogP contribution in [0.5, 0.6) is 0 Å². The number of aliphatic hydroxyl groups is 1. The Hall–Kier alpha value is -2.73. The Balaban J connectivity index is 5.48. The van der Waals surface area contributed by atoms with E-state index in [1.54, 1.807) is 27.7 Å². The van der Waals surface area contributed by atoms with Gasteiger partial charge in [-0.05, 0) is 25.2 Å². The summed E-state index contributed by atoms with van der Waals surface area (Å²) in [5.41, 5.74) is 5.63. The summed E-state index contributed by atoms with van der Waals surface area (Å²) in [4.78, 5) is 59.9. The molecule has 6 atom stereocenters. The lowest BCUT2D eigenvalue weighted by molar-refractivity contribution is -0.143. The molecule has 184 valence electrons. The molecule has 0 aliphatic heterocycles. The van der Waals surface area contributed by atoms with Crippen molar-refractivity contribution in [2.24, 2.45) is 17.6 Å². The minimum Gasteiger partial charge on any atom is -0.481 e. The molecule has 0 aromatic rings. The number of aliphatic carboxylic acids is 2. The normalized spacial score (nSPS) is 16.8. The van der Waals surface area contributed by atoms with Gasteiger partial charge in [0, 0.05) is 6.42 Å². The van der Waals surface area contributed by atoms with Crippen molar-refractivity contribution in [1.82, 2.24) is 16.0 Å². The van der Waals surface area contributed by atoms with E-state index < -0.39 is 72.3 Å². The molecular weight excluding hydrogens is 424 g/mol. The highest BCUT2D eigenvalue weighted by Crippen LogP contribution is 2.11. The number of hydrogen-bond acceptors (Lipinski definition) is 7. The van der Waals surface area contributed by atoms with E-state index in [1.165, 1.54) is 6.92 Å². The van der Waals surface area contributed by atoms with E-state index >= 15 is 0 Å². The third-order valence-electron chi connectivity index (χ3n) is 5.12. The van der Waals surface area contributed by atoms with E-state index in [1.807, 2.05) is 0 Å². The van der Waals surface area contributed by atoms with E-state index in [0.29, 0.717) is 6.42 Å². The Bertz CT molecular complexity index is 683. The second-order valence-electron chi connectivity index (χ2n) is 8.20. The van der Waals surface area contributed by atoms with Gasteiger partial charge in [0.2, 0.25) is 17.7 Å². The SMILES string of the molecule is CCC(C)C(NC(=O)C(N)C(C)O)C(=O)NC(C(=O)NC(CCC(=O)O)C(=O)O)C(C)C. The molecule has 0 aliphatic carbocycles. The molecule has 3 amide bonds.